The normalized spacial score (nSPS) is 15.5. The number of phenolic OH excluding ortho intramolecular Hbond substituents is 1. The van der Waals surface area contributed by atoms with Gasteiger partial charge < -0.3 is 10.0 Å². The molecule has 24 heavy (non-hydrogen) atoms. The van der Waals surface area contributed by atoms with Gasteiger partial charge >= 0.3 is 0 Å². The number of likely N-dealkylation sites (tertiary alicyclic amines) is 1. The Bertz CT molecular complexity index is 748. The van der Waals surface area contributed by atoms with Crippen molar-refractivity contribution in [1.82, 2.24) is 4.90 Å². The molecule has 126 valence electrons. The highest BCUT2D eigenvalue weighted by Crippen LogP contribution is 2.30. The van der Waals surface area contributed by atoms with E-state index in [2.05, 4.69) is 0 Å². The van der Waals surface area contributed by atoms with Gasteiger partial charge in [0.25, 0.3) is 5.91 Å². The molecule has 1 N–H and O–H groups in total. The Labute approximate surface area is 137 Å². The zero-order valence-corrected chi connectivity index (χ0v) is 12.8. The number of piperidine rings is 1. The van der Waals surface area contributed by atoms with Gasteiger partial charge in [-0.25, -0.2) is 13.2 Å². The highest BCUT2D eigenvalue weighted by Gasteiger charge is 2.28. The van der Waals surface area contributed by atoms with Crippen molar-refractivity contribution in [3.8, 4) is 5.75 Å². The van der Waals surface area contributed by atoms with Crippen LogP contribution < -0.4 is 0 Å². The molecule has 1 amide bonds. The summed E-state index contributed by atoms with van der Waals surface area (Å²) < 4.78 is 40.5. The summed E-state index contributed by atoms with van der Waals surface area (Å²) in [5, 5.41) is 9.54. The lowest BCUT2D eigenvalue weighted by molar-refractivity contribution is 0.0703. The fourth-order valence-corrected chi connectivity index (χ4v) is 3.10. The fraction of sp³-hybridized carbons (Fsp3) is 0.278. The zero-order valence-electron chi connectivity index (χ0n) is 12.8. The van der Waals surface area contributed by atoms with Gasteiger partial charge in [0.05, 0.1) is 0 Å². The number of phenols is 1. The molecule has 1 fully saturated rings. The van der Waals surface area contributed by atoms with Crippen molar-refractivity contribution in [1.29, 1.82) is 0 Å². The number of hydrogen-bond donors (Lipinski definition) is 1. The first kappa shape index (κ1) is 16.4. The lowest BCUT2D eigenvalue weighted by atomic mass is 9.89. The average molecular weight is 335 g/mol. The number of nitrogens with zero attached hydrogens (tertiary/aromatic N) is 1. The van der Waals surface area contributed by atoms with Crippen molar-refractivity contribution in [2.75, 3.05) is 13.1 Å². The van der Waals surface area contributed by atoms with Crippen molar-refractivity contribution < 1.29 is 23.1 Å². The fourth-order valence-electron chi connectivity index (χ4n) is 3.10. The number of hydrogen-bond acceptors (Lipinski definition) is 2. The van der Waals surface area contributed by atoms with Gasteiger partial charge in [-0.3, -0.25) is 4.79 Å². The van der Waals surface area contributed by atoms with E-state index >= 15 is 0 Å². The molecule has 0 bridgehead atoms. The number of aromatic hydroxyl groups is 1. The lowest BCUT2D eigenvalue weighted by Gasteiger charge is -2.32. The predicted octanol–water partition coefficient (Wildman–Crippen LogP) is 3.83. The van der Waals surface area contributed by atoms with E-state index < -0.39 is 28.9 Å². The largest absolute Gasteiger partial charge is 0.508 e. The van der Waals surface area contributed by atoms with E-state index in [1.54, 1.807) is 18.2 Å². The topological polar surface area (TPSA) is 40.5 Å². The quantitative estimate of drug-likeness (QED) is 0.906. The highest BCUT2D eigenvalue weighted by molar-refractivity contribution is 5.94. The van der Waals surface area contributed by atoms with Crippen molar-refractivity contribution in [2.45, 2.75) is 18.8 Å². The second-order valence-electron chi connectivity index (χ2n) is 5.91. The standard InChI is InChI=1S/C18H16F3NO2/c19-13-9-15(20)17(16(21)10-13)18(24)22-6-4-11(5-7-22)12-2-1-3-14(23)8-12/h1-3,8-11,23H,4-7H2. The highest BCUT2D eigenvalue weighted by atomic mass is 19.1. The maximum absolute atomic E-state index is 13.7. The van der Waals surface area contributed by atoms with E-state index in [0.29, 0.717) is 38.1 Å². The van der Waals surface area contributed by atoms with Crippen LogP contribution in [0.15, 0.2) is 36.4 Å². The molecule has 1 heterocycles. The lowest BCUT2D eigenvalue weighted by Crippen LogP contribution is -2.38. The van der Waals surface area contributed by atoms with Gasteiger partial charge in [-0.2, -0.15) is 0 Å². The molecule has 6 heteroatoms. The van der Waals surface area contributed by atoms with Crippen LogP contribution in [0.25, 0.3) is 0 Å². The zero-order chi connectivity index (χ0) is 17.3. The maximum Gasteiger partial charge on any atom is 0.259 e. The van der Waals surface area contributed by atoms with Gasteiger partial charge in [0.1, 0.15) is 28.8 Å². The van der Waals surface area contributed by atoms with Gasteiger partial charge in [-0.05, 0) is 36.5 Å². The Hall–Kier alpha value is -2.50. The number of rotatable bonds is 2. The summed E-state index contributed by atoms with van der Waals surface area (Å²) in [6, 6.07) is 7.95. The SMILES string of the molecule is O=C(c1c(F)cc(F)cc1F)N1CCC(c2cccc(O)c2)CC1. The molecular formula is C18H16F3NO2. The number of carbonyl (C=O) groups excluding carboxylic acids is 1. The molecule has 0 aromatic heterocycles. The van der Waals surface area contributed by atoms with Crippen LogP contribution in [0.5, 0.6) is 5.75 Å². The minimum Gasteiger partial charge on any atom is -0.508 e. The Balaban J connectivity index is 1.72. The van der Waals surface area contributed by atoms with Crippen LogP contribution in [0.2, 0.25) is 0 Å². The molecule has 1 aliphatic rings. The molecule has 0 aliphatic carbocycles. The molecule has 1 aliphatic heterocycles. The van der Waals surface area contributed by atoms with Crippen molar-refractivity contribution >= 4 is 5.91 Å². The molecule has 0 unspecified atom stereocenters. The Morgan fingerprint density at radius 1 is 1.04 bits per heavy atom. The number of halogens is 3. The molecule has 1 saturated heterocycles. The number of benzene rings is 2. The smallest absolute Gasteiger partial charge is 0.259 e. The molecule has 0 saturated carbocycles. The van der Waals surface area contributed by atoms with Crippen LogP contribution in [0.3, 0.4) is 0 Å². The van der Waals surface area contributed by atoms with E-state index in [4.69, 9.17) is 0 Å². The summed E-state index contributed by atoms with van der Waals surface area (Å²) >= 11 is 0. The van der Waals surface area contributed by atoms with E-state index in [0.717, 1.165) is 5.56 Å². The molecule has 2 aromatic rings. The van der Waals surface area contributed by atoms with Crippen LogP contribution in [0, 0.1) is 17.5 Å². The van der Waals surface area contributed by atoms with E-state index in [1.807, 2.05) is 6.07 Å². The van der Waals surface area contributed by atoms with Gasteiger partial charge in [0, 0.05) is 25.2 Å². The Morgan fingerprint density at radius 3 is 2.25 bits per heavy atom. The molecule has 0 atom stereocenters. The third-order valence-electron chi connectivity index (χ3n) is 4.34. The van der Waals surface area contributed by atoms with Crippen LogP contribution in [-0.4, -0.2) is 29.0 Å². The van der Waals surface area contributed by atoms with Crippen molar-refractivity contribution in [2.24, 2.45) is 0 Å². The molecule has 0 radical (unpaired) electrons. The van der Waals surface area contributed by atoms with Gasteiger partial charge in [-0.15, -0.1) is 0 Å². The molecule has 0 spiro atoms. The summed E-state index contributed by atoms with van der Waals surface area (Å²) in [4.78, 5) is 13.7. The van der Waals surface area contributed by atoms with Crippen molar-refractivity contribution in [3.05, 3.63) is 65.0 Å². The Kier molecular flexibility index (Phi) is 4.46. The maximum atomic E-state index is 13.7. The summed E-state index contributed by atoms with van der Waals surface area (Å²) in [5.41, 5.74) is 0.258. The minimum atomic E-state index is -1.19. The van der Waals surface area contributed by atoms with E-state index in [1.165, 1.54) is 4.90 Å². The first-order valence-electron chi connectivity index (χ1n) is 7.68. The monoisotopic (exact) mass is 335 g/mol. The molecule has 3 nitrogen and oxygen atoms in total. The Morgan fingerprint density at radius 2 is 1.67 bits per heavy atom. The molecule has 2 aromatic carbocycles. The summed E-state index contributed by atoms with van der Waals surface area (Å²) in [6.45, 7) is 0.685. The number of amides is 1. The molecule has 3 rings (SSSR count). The van der Waals surface area contributed by atoms with Crippen LogP contribution in [-0.2, 0) is 0 Å². The molecular weight excluding hydrogens is 319 g/mol. The van der Waals surface area contributed by atoms with Crippen molar-refractivity contribution in [3.63, 3.8) is 0 Å². The van der Waals surface area contributed by atoms with Crippen LogP contribution in [0.1, 0.15) is 34.7 Å². The van der Waals surface area contributed by atoms with E-state index in [9.17, 15) is 23.1 Å². The van der Waals surface area contributed by atoms with Gasteiger partial charge in [0.15, 0.2) is 0 Å². The second-order valence-corrected chi connectivity index (χ2v) is 5.91. The summed E-state index contributed by atoms with van der Waals surface area (Å²) in [7, 11) is 0. The summed E-state index contributed by atoms with van der Waals surface area (Å²) in [5.74, 6) is -3.84. The first-order chi connectivity index (χ1) is 11.5. The van der Waals surface area contributed by atoms with Gasteiger partial charge in [-0.1, -0.05) is 12.1 Å². The number of carbonyl (C=O) groups is 1. The third kappa shape index (κ3) is 3.22. The van der Waals surface area contributed by atoms with Crippen LogP contribution in [0.4, 0.5) is 13.2 Å². The average Bonchev–Trinajstić information content (AvgIpc) is 2.54. The first-order valence-corrected chi connectivity index (χ1v) is 7.68. The van der Waals surface area contributed by atoms with Gasteiger partial charge in [0.2, 0.25) is 0 Å². The minimum absolute atomic E-state index is 0.170. The van der Waals surface area contributed by atoms with E-state index in [-0.39, 0.29) is 11.7 Å². The predicted molar refractivity (Wildman–Crippen MR) is 82.3 cm³/mol. The summed E-state index contributed by atoms with van der Waals surface area (Å²) in [6.07, 6.45) is 1.25. The van der Waals surface area contributed by atoms with Crippen LogP contribution >= 0.6 is 0 Å². The second kappa shape index (κ2) is 6.55. The third-order valence-corrected chi connectivity index (χ3v) is 4.34.